The van der Waals surface area contributed by atoms with Gasteiger partial charge in [-0.3, -0.25) is 9.48 Å². The lowest BCUT2D eigenvalue weighted by Gasteiger charge is -2.15. The number of rotatable bonds is 8. The van der Waals surface area contributed by atoms with E-state index in [0.29, 0.717) is 28.0 Å². The lowest BCUT2D eigenvalue weighted by Crippen LogP contribution is -2.08. The first-order valence-electron chi connectivity index (χ1n) is 10.9. The molecule has 3 aromatic carbocycles. The molecule has 1 heterocycles. The van der Waals surface area contributed by atoms with Crippen molar-refractivity contribution in [3.63, 3.8) is 0 Å². The van der Waals surface area contributed by atoms with Crippen LogP contribution in [-0.2, 0) is 24.9 Å². The first-order chi connectivity index (χ1) is 16.3. The van der Waals surface area contributed by atoms with Gasteiger partial charge in [0.15, 0.2) is 0 Å². The summed E-state index contributed by atoms with van der Waals surface area (Å²) in [6.45, 7) is 1.94. The Labute approximate surface area is 197 Å². The molecule has 6 nitrogen and oxygen atoms in total. The summed E-state index contributed by atoms with van der Waals surface area (Å²) >= 11 is 0. The number of ether oxygens (including phenoxy) is 1. The highest BCUT2D eigenvalue weighted by Crippen LogP contribution is 2.32. The van der Waals surface area contributed by atoms with Crippen LogP contribution in [0.4, 0.5) is 4.39 Å². The van der Waals surface area contributed by atoms with Crippen LogP contribution in [0.1, 0.15) is 29.7 Å². The Morgan fingerprint density at radius 1 is 1.12 bits per heavy atom. The van der Waals surface area contributed by atoms with E-state index in [1.165, 1.54) is 0 Å². The average molecular weight is 460 g/mol. The Hall–Kier alpha value is -3.97. The molecule has 3 N–H and O–H groups in total. The van der Waals surface area contributed by atoms with E-state index in [0.717, 1.165) is 16.7 Å². The Balaban J connectivity index is 1.74. The number of aromatic nitrogens is 2. The molecule has 0 amide bonds. The number of aliphatic carboxylic acids is 1. The van der Waals surface area contributed by atoms with Gasteiger partial charge in [-0.1, -0.05) is 36.4 Å². The largest absolute Gasteiger partial charge is 0.489 e. The van der Waals surface area contributed by atoms with Gasteiger partial charge in [-0.25, -0.2) is 4.39 Å². The summed E-state index contributed by atoms with van der Waals surface area (Å²) < 4.78 is 23.0. The molecule has 0 radical (unpaired) electrons. The molecule has 0 spiro atoms. The van der Waals surface area contributed by atoms with Gasteiger partial charge in [0.25, 0.3) is 0 Å². The van der Waals surface area contributed by atoms with Crippen LogP contribution in [-0.4, -0.2) is 20.9 Å². The fourth-order valence-corrected chi connectivity index (χ4v) is 3.91. The molecule has 0 saturated heterocycles. The second kappa shape index (κ2) is 9.89. The number of halogens is 1. The SMILES string of the molecule is CC(N)c1cccc(-c2cc(COc3ccccc3CC(=O)O)cc(-c3cnn(C)c3)c2)c1F. The summed E-state index contributed by atoms with van der Waals surface area (Å²) in [5.74, 6) is -0.774. The first kappa shape index (κ1) is 23.2. The summed E-state index contributed by atoms with van der Waals surface area (Å²) in [6.07, 6.45) is 3.51. The topological polar surface area (TPSA) is 90.4 Å². The van der Waals surface area contributed by atoms with Gasteiger partial charge in [-0.05, 0) is 47.9 Å². The molecule has 1 atom stereocenters. The van der Waals surface area contributed by atoms with Crippen molar-refractivity contribution in [1.29, 1.82) is 0 Å². The van der Waals surface area contributed by atoms with Crippen molar-refractivity contribution in [1.82, 2.24) is 9.78 Å². The van der Waals surface area contributed by atoms with E-state index in [-0.39, 0.29) is 18.8 Å². The van der Waals surface area contributed by atoms with Crippen molar-refractivity contribution in [3.8, 4) is 28.0 Å². The Morgan fingerprint density at radius 2 is 1.88 bits per heavy atom. The molecule has 4 aromatic rings. The number of hydrogen-bond acceptors (Lipinski definition) is 4. The number of carbonyl (C=O) groups is 1. The highest BCUT2D eigenvalue weighted by atomic mass is 19.1. The van der Waals surface area contributed by atoms with E-state index in [1.54, 1.807) is 60.3 Å². The number of aryl methyl sites for hydroxylation is 1. The van der Waals surface area contributed by atoms with Gasteiger partial charge in [-0.2, -0.15) is 5.10 Å². The molecule has 0 saturated carbocycles. The second-order valence-electron chi connectivity index (χ2n) is 8.29. The van der Waals surface area contributed by atoms with E-state index in [2.05, 4.69) is 5.10 Å². The monoisotopic (exact) mass is 459 g/mol. The zero-order valence-electron chi connectivity index (χ0n) is 19.0. The second-order valence-corrected chi connectivity index (χ2v) is 8.29. The van der Waals surface area contributed by atoms with Crippen LogP contribution < -0.4 is 10.5 Å². The highest BCUT2D eigenvalue weighted by Gasteiger charge is 2.15. The van der Waals surface area contributed by atoms with Crippen LogP contribution in [0, 0.1) is 5.82 Å². The molecule has 7 heteroatoms. The molecule has 1 unspecified atom stereocenters. The third-order valence-electron chi connectivity index (χ3n) is 5.57. The van der Waals surface area contributed by atoms with Crippen molar-refractivity contribution >= 4 is 5.97 Å². The normalized spacial score (nSPS) is 11.9. The lowest BCUT2D eigenvalue weighted by molar-refractivity contribution is -0.136. The summed E-state index contributed by atoms with van der Waals surface area (Å²) in [4.78, 5) is 11.2. The van der Waals surface area contributed by atoms with Crippen molar-refractivity contribution in [2.75, 3.05) is 0 Å². The fraction of sp³-hybridized carbons (Fsp3) is 0.185. The van der Waals surface area contributed by atoms with E-state index >= 15 is 4.39 Å². The minimum atomic E-state index is -0.929. The maximum absolute atomic E-state index is 15.3. The standard InChI is InChI=1S/C27H26FN3O3/c1-17(29)23-7-5-8-24(27(23)28)21-11-18(10-20(12-21)22-14-30-31(2)15-22)16-34-25-9-4-3-6-19(25)13-26(32)33/h3-12,14-15,17H,13,16,29H2,1-2H3,(H,32,33). The Morgan fingerprint density at radius 3 is 2.59 bits per heavy atom. The third-order valence-corrected chi connectivity index (χ3v) is 5.57. The van der Waals surface area contributed by atoms with Crippen LogP contribution in [0.3, 0.4) is 0 Å². The van der Waals surface area contributed by atoms with Crippen LogP contribution in [0.2, 0.25) is 0 Å². The van der Waals surface area contributed by atoms with Crippen molar-refractivity contribution < 1.29 is 19.0 Å². The van der Waals surface area contributed by atoms with Crippen molar-refractivity contribution in [3.05, 3.63) is 95.6 Å². The molecule has 1 aromatic heterocycles. The maximum atomic E-state index is 15.3. The van der Waals surface area contributed by atoms with Crippen molar-refractivity contribution in [2.45, 2.75) is 26.0 Å². The molecule has 0 aliphatic rings. The molecule has 0 fully saturated rings. The Kier molecular flexibility index (Phi) is 6.75. The lowest BCUT2D eigenvalue weighted by atomic mass is 9.95. The molecule has 4 rings (SSSR count). The van der Waals surface area contributed by atoms with E-state index in [9.17, 15) is 9.90 Å². The fourth-order valence-electron chi connectivity index (χ4n) is 3.91. The molecular formula is C27H26FN3O3. The Bertz CT molecular complexity index is 1330. The van der Waals surface area contributed by atoms with Gasteiger partial charge in [0.1, 0.15) is 18.2 Å². The van der Waals surface area contributed by atoms with Gasteiger partial charge < -0.3 is 15.6 Å². The predicted octanol–water partition coefficient (Wildman–Crippen LogP) is 5.12. The van der Waals surface area contributed by atoms with Gasteiger partial charge in [0, 0.05) is 41.5 Å². The number of benzene rings is 3. The van der Waals surface area contributed by atoms with E-state index in [4.69, 9.17) is 10.5 Å². The molecule has 0 aliphatic carbocycles. The average Bonchev–Trinajstić information content (AvgIpc) is 3.24. The summed E-state index contributed by atoms with van der Waals surface area (Å²) in [5.41, 5.74) is 10.7. The number of hydrogen-bond donors (Lipinski definition) is 2. The summed E-state index contributed by atoms with van der Waals surface area (Å²) in [5, 5.41) is 13.4. The van der Waals surface area contributed by atoms with Crippen molar-refractivity contribution in [2.24, 2.45) is 12.8 Å². The highest BCUT2D eigenvalue weighted by molar-refractivity contribution is 5.74. The van der Waals surface area contributed by atoms with Crippen LogP contribution in [0.5, 0.6) is 5.75 Å². The first-order valence-corrected chi connectivity index (χ1v) is 10.9. The quantitative estimate of drug-likeness (QED) is 0.382. The minimum Gasteiger partial charge on any atom is -0.489 e. The van der Waals surface area contributed by atoms with Gasteiger partial charge in [0.05, 0.1) is 12.6 Å². The number of carboxylic acid groups (broad SMARTS) is 1. The molecule has 174 valence electrons. The van der Waals surface area contributed by atoms with Gasteiger partial charge >= 0.3 is 5.97 Å². The summed E-state index contributed by atoms with van der Waals surface area (Å²) in [7, 11) is 1.84. The van der Waals surface area contributed by atoms with E-state index in [1.807, 2.05) is 31.4 Å². The maximum Gasteiger partial charge on any atom is 0.307 e. The smallest absolute Gasteiger partial charge is 0.307 e. The van der Waals surface area contributed by atoms with Crippen LogP contribution in [0.25, 0.3) is 22.3 Å². The summed E-state index contributed by atoms with van der Waals surface area (Å²) in [6, 6.07) is 17.6. The van der Waals surface area contributed by atoms with Gasteiger partial charge in [0.2, 0.25) is 0 Å². The van der Waals surface area contributed by atoms with Gasteiger partial charge in [-0.15, -0.1) is 0 Å². The predicted molar refractivity (Wildman–Crippen MR) is 129 cm³/mol. The number of carboxylic acids is 1. The number of nitrogens with two attached hydrogens (primary N) is 1. The minimum absolute atomic E-state index is 0.133. The number of nitrogens with zero attached hydrogens (tertiary/aromatic N) is 2. The van der Waals surface area contributed by atoms with Crippen LogP contribution >= 0.6 is 0 Å². The molecule has 0 aliphatic heterocycles. The molecular weight excluding hydrogens is 433 g/mol. The van der Waals surface area contributed by atoms with Crippen LogP contribution in [0.15, 0.2) is 73.1 Å². The molecule has 34 heavy (non-hydrogen) atoms. The zero-order valence-corrected chi connectivity index (χ0v) is 19.0. The van der Waals surface area contributed by atoms with E-state index < -0.39 is 12.0 Å². The number of para-hydroxylation sites is 1. The molecule has 0 bridgehead atoms. The zero-order chi connectivity index (χ0) is 24.2. The third kappa shape index (κ3) is 5.15.